The summed E-state index contributed by atoms with van der Waals surface area (Å²) >= 11 is 0. The fourth-order valence-corrected chi connectivity index (χ4v) is 4.15. The van der Waals surface area contributed by atoms with Gasteiger partial charge in [0.2, 0.25) is 16.2 Å². The summed E-state index contributed by atoms with van der Waals surface area (Å²) in [7, 11) is 0. The van der Waals surface area contributed by atoms with Crippen LogP contribution in [0.15, 0.2) is 0 Å². The molecular formula is C27H30O18Ru. The van der Waals surface area contributed by atoms with Crippen LogP contribution in [0.4, 0.5) is 0 Å². The van der Waals surface area contributed by atoms with Gasteiger partial charge in [-0.05, 0) is 62.3 Å². The van der Waals surface area contributed by atoms with E-state index in [2.05, 4.69) is 0 Å². The number of hydrogen-bond donors (Lipinski definition) is 3. The third-order valence-electron chi connectivity index (χ3n) is 6.36. The van der Waals surface area contributed by atoms with Crippen molar-refractivity contribution in [1.29, 1.82) is 0 Å². The molecule has 0 spiro atoms. The summed E-state index contributed by atoms with van der Waals surface area (Å²) in [6.45, 7) is 7.53. The van der Waals surface area contributed by atoms with Crippen molar-refractivity contribution in [2.45, 2.75) is 62.3 Å². The van der Waals surface area contributed by atoms with Crippen molar-refractivity contribution in [3.8, 4) is 0 Å². The molecule has 0 aliphatic carbocycles. The van der Waals surface area contributed by atoms with Crippen molar-refractivity contribution in [1.82, 2.24) is 0 Å². The zero-order chi connectivity index (χ0) is 37.2. The van der Waals surface area contributed by atoms with Gasteiger partial charge in [0, 0.05) is 19.5 Å². The van der Waals surface area contributed by atoms with Gasteiger partial charge in [-0.15, -0.1) is 0 Å². The van der Waals surface area contributed by atoms with Gasteiger partial charge in [0.25, 0.3) is 17.3 Å². The molecule has 0 radical (unpaired) electrons. The Labute approximate surface area is 272 Å². The monoisotopic (exact) mass is 744 g/mol. The van der Waals surface area contributed by atoms with Gasteiger partial charge in [-0.2, -0.15) is 0 Å². The molecule has 0 bridgehead atoms. The Morgan fingerprint density at radius 2 is 0.370 bits per heavy atom. The molecule has 0 aromatic rings. The number of Topliss-reactive ketones (excluding diaryl/α,β-unsaturated/α-hetero) is 12. The van der Waals surface area contributed by atoms with Gasteiger partial charge in [0.05, 0.1) is 0 Å². The van der Waals surface area contributed by atoms with Gasteiger partial charge in [-0.25, -0.2) is 14.4 Å². The molecule has 46 heavy (non-hydrogen) atoms. The minimum atomic E-state index is -2.67. The molecule has 0 aliphatic rings. The van der Waals surface area contributed by atoms with Crippen LogP contribution in [-0.4, -0.2) is 103 Å². The molecule has 0 saturated carbocycles. The van der Waals surface area contributed by atoms with Gasteiger partial charge in [0.15, 0.2) is 52.0 Å². The normalized spacial score (nSPS) is 10.4. The van der Waals surface area contributed by atoms with Crippen molar-refractivity contribution in [2.75, 3.05) is 0 Å². The van der Waals surface area contributed by atoms with Gasteiger partial charge in [-0.1, -0.05) is 0 Å². The maximum Gasteiger partial charge on any atom is 0.374 e. The van der Waals surface area contributed by atoms with Crippen LogP contribution < -0.4 is 0 Å². The van der Waals surface area contributed by atoms with Crippen LogP contribution in [0.25, 0.3) is 0 Å². The topological polar surface area (TPSA) is 317 Å². The minimum absolute atomic E-state index is 0. The Kier molecular flexibility index (Phi) is 18.9. The number of rotatable bonds is 15. The van der Waals surface area contributed by atoms with Crippen LogP contribution in [0.2, 0.25) is 0 Å². The molecule has 0 aromatic carbocycles. The van der Waals surface area contributed by atoms with Crippen molar-refractivity contribution in [3.63, 3.8) is 0 Å². The van der Waals surface area contributed by atoms with Gasteiger partial charge in [0.1, 0.15) is 0 Å². The first-order chi connectivity index (χ1) is 20.1. The second kappa shape index (κ2) is 18.1. The van der Waals surface area contributed by atoms with Crippen LogP contribution in [0.1, 0.15) is 62.3 Å². The van der Waals surface area contributed by atoms with E-state index in [-0.39, 0.29) is 19.5 Å². The maximum absolute atomic E-state index is 11.2. The molecule has 0 aromatic heterocycles. The smallest absolute Gasteiger partial charge is 0.374 e. The third kappa shape index (κ3) is 9.06. The van der Waals surface area contributed by atoms with Gasteiger partial charge >= 0.3 is 17.9 Å². The summed E-state index contributed by atoms with van der Waals surface area (Å²) in [6, 6.07) is 0. The van der Waals surface area contributed by atoms with E-state index in [0.717, 1.165) is 62.3 Å². The van der Waals surface area contributed by atoms with Crippen LogP contribution in [0.3, 0.4) is 0 Å². The Hall–Kier alpha value is -4.93. The number of carboxylic acid groups (broad SMARTS) is 3. The summed E-state index contributed by atoms with van der Waals surface area (Å²) in [6.07, 6.45) is 0. The van der Waals surface area contributed by atoms with Crippen LogP contribution >= 0.6 is 0 Å². The number of aliphatic carboxylic acids is 3. The summed E-state index contributed by atoms with van der Waals surface area (Å²) in [5.41, 5.74) is -8.02. The molecule has 19 heteroatoms. The van der Waals surface area contributed by atoms with E-state index in [0.29, 0.717) is 0 Å². The summed E-state index contributed by atoms with van der Waals surface area (Å²) < 4.78 is 0. The molecule has 0 unspecified atom stereocenters. The number of hydrogen-bond acceptors (Lipinski definition) is 15. The average molecular weight is 744 g/mol. The number of ketones is 12. The zero-order valence-corrected chi connectivity index (χ0v) is 27.6. The first-order valence-corrected chi connectivity index (χ1v) is 12.0. The Balaban J connectivity index is -0.000000285. The molecule has 0 saturated heterocycles. The second-order valence-corrected chi connectivity index (χ2v) is 9.16. The summed E-state index contributed by atoms with van der Waals surface area (Å²) in [4.78, 5) is 166. The van der Waals surface area contributed by atoms with E-state index in [9.17, 15) is 71.9 Å². The predicted molar refractivity (Wildman–Crippen MR) is 141 cm³/mol. The first-order valence-electron chi connectivity index (χ1n) is 12.0. The molecule has 0 heterocycles. The number of carbonyl (C=O) groups excluding carboxylic acids is 12. The molecule has 0 rings (SSSR count). The average Bonchev–Trinajstić information content (AvgIpc) is 2.83. The van der Waals surface area contributed by atoms with Crippen LogP contribution in [0.5, 0.6) is 0 Å². The van der Waals surface area contributed by atoms with Gasteiger partial charge in [-0.3, -0.25) is 57.5 Å². The molecule has 3 N–H and O–H groups in total. The van der Waals surface area contributed by atoms with E-state index in [4.69, 9.17) is 15.3 Å². The minimum Gasteiger partial charge on any atom is -0.475 e. The summed E-state index contributed by atoms with van der Waals surface area (Å²) in [5.74, 6) is -20.7. The summed E-state index contributed by atoms with van der Waals surface area (Å²) in [5, 5.41) is 25.4. The molecule has 18 nitrogen and oxygen atoms in total. The predicted octanol–water partition coefficient (Wildman–Crippen LogP) is -1.82. The van der Waals surface area contributed by atoms with Crippen LogP contribution in [0, 0.1) is 16.2 Å². The SMILES string of the molecule is CC(=O)C(C(C)=O)(C(C)=O)C(=O)C(=O)O.CC(=O)C(C(C)=O)(C(C)=O)C(=O)C(=O)O.CC(=O)C(C(C)=O)(C(C)=O)C(=O)C(=O)O.[Ru]. The van der Waals surface area contributed by atoms with Crippen LogP contribution in [-0.2, 0) is 91.4 Å². The zero-order valence-electron chi connectivity index (χ0n) is 25.8. The van der Waals surface area contributed by atoms with Crippen molar-refractivity contribution >= 4 is 87.3 Å². The second-order valence-electron chi connectivity index (χ2n) is 9.16. The molecule has 0 amide bonds. The van der Waals surface area contributed by atoms with E-state index < -0.39 is 104 Å². The fourth-order valence-electron chi connectivity index (χ4n) is 4.15. The fraction of sp³-hybridized carbons (Fsp3) is 0.444. The number of carboxylic acids is 3. The quantitative estimate of drug-likeness (QED) is 0.0944. The molecule has 0 atom stereocenters. The van der Waals surface area contributed by atoms with E-state index >= 15 is 0 Å². The van der Waals surface area contributed by atoms with E-state index in [1.54, 1.807) is 0 Å². The molecule has 254 valence electrons. The van der Waals surface area contributed by atoms with E-state index in [1.807, 2.05) is 0 Å². The Morgan fingerprint density at radius 1 is 0.283 bits per heavy atom. The molecular weight excluding hydrogens is 713 g/mol. The molecule has 0 aliphatic heterocycles. The van der Waals surface area contributed by atoms with Crippen molar-refractivity contribution in [3.05, 3.63) is 0 Å². The third-order valence-corrected chi connectivity index (χ3v) is 6.36. The van der Waals surface area contributed by atoms with Crippen molar-refractivity contribution < 1.29 is 107 Å². The van der Waals surface area contributed by atoms with Gasteiger partial charge < -0.3 is 15.3 Å². The number of carbonyl (C=O) groups is 15. The Morgan fingerprint density at radius 3 is 0.391 bits per heavy atom. The van der Waals surface area contributed by atoms with Crippen molar-refractivity contribution in [2.24, 2.45) is 16.2 Å². The first kappa shape index (κ1) is 48.0. The maximum atomic E-state index is 11.2. The molecule has 0 fully saturated rings. The standard InChI is InChI=1S/3C9H10O6.Ru/c3*1-4(10)9(5(2)11,6(3)12)7(13)8(14)15;/h3*1-3H3,(H,14,15);. The van der Waals surface area contributed by atoms with E-state index in [1.165, 1.54) is 0 Å². The Bertz CT molecular complexity index is 1160. The largest absolute Gasteiger partial charge is 0.475 e.